The molecule has 0 fully saturated rings. The van der Waals surface area contributed by atoms with Crippen molar-refractivity contribution in [3.63, 3.8) is 0 Å². The average molecular weight is 206 g/mol. The van der Waals surface area contributed by atoms with E-state index in [9.17, 15) is 0 Å². The molecule has 1 aromatic heterocycles. The first-order chi connectivity index (χ1) is 7.20. The Hall–Kier alpha value is -2.24. The first-order valence-electron chi connectivity index (χ1n) is 4.24. The average Bonchev–Trinajstić information content (AvgIpc) is 2.64. The maximum absolute atomic E-state index is 5.79. The summed E-state index contributed by atoms with van der Waals surface area (Å²) in [6.45, 7) is 0. The number of nitrogens with two attached hydrogens (primary N) is 2. The number of nitrogens with zero attached hydrogens (tertiary/aromatic N) is 2. The number of hydrogen-bond acceptors (Lipinski definition) is 6. The van der Waals surface area contributed by atoms with E-state index in [0.717, 1.165) is 0 Å². The van der Waals surface area contributed by atoms with E-state index in [1.54, 1.807) is 25.3 Å². The van der Waals surface area contributed by atoms with E-state index in [-0.39, 0.29) is 5.95 Å². The van der Waals surface area contributed by atoms with E-state index >= 15 is 0 Å². The van der Waals surface area contributed by atoms with Gasteiger partial charge < -0.3 is 20.7 Å². The standard InChI is InChI=1S/C9H10N4O2/c1-14-5-2-3-6(7(10)4-5)8-12-9(11)13-15-8/h2-4H,10H2,1H3,(H2,11,13). The molecule has 6 heteroatoms. The van der Waals surface area contributed by atoms with Gasteiger partial charge in [0.1, 0.15) is 5.75 Å². The predicted molar refractivity (Wildman–Crippen MR) is 55.1 cm³/mol. The van der Waals surface area contributed by atoms with Crippen LogP contribution < -0.4 is 16.2 Å². The first-order valence-corrected chi connectivity index (χ1v) is 4.24. The molecular weight excluding hydrogens is 196 g/mol. The summed E-state index contributed by atoms with van der Waals surface area (Å²) in [6, 6.07) is 5.17. The van der Waals surface area contributed by atoms with Crippen LogP contribution in [0.4, 0.5) is 11.6 Å². The lowest BCUT2D eigenvalue weighted by molar-refractivity contribution is 0.414. The third-order valence-electron chi connectivity index (χ3n) is 1.93. The number of ether oxygens (including phenoxy) is 1. The van der Waals surface area contributed by atoms with Gasteiger partial charge in [-0.25, -0.2) is 0 Å². The van der Waals surface area contributed by atoms with Crippen LogP contribution in [0.1, 0.15) is 0 Å². The lowest BCUT2D eigenvalue weighted by Gasteiger charge is -2.03. The van der Waals surface area contributed by atoms with Crippen molar-refractivity contribution < 1.29 is 9.26 Å². The van der Waals surface area contributed by atoms with Crippen LogP contribution in [-0.4, -0.2) is 17.3 Å². The van der Waals surface area contributed by atoms with Crippen LogP contribution in [0.5, 0.6) is 5.75 Å². The minimum Gasteiger partial charge on any atom is -0.497 e. The Bertz CT molecular complexity index is 481. The van der Waals surface area contributed by atoms with Crippen molar-refractivity contribution in [3.05, 3.63) is 18.2 Å². The second-order valence-electron chi connectivity index (χ2n) is 2.91. The van der Waals surface area contributed by atoms with Crippen molar-refractivity contribution >= 4 is 11.6 Å². The number of aromatic nitrogens is 2. The molecule has 0 unspecified atom stereocenters. The number of nitrogen functional groups attached to an aromatic ring is 2. The van der Waals surface area contributed by atoms with E-state index in [2.05, 4.69) is 10.1 Å². The molecule has 6 nitrogen and oxygen atoms in total. The van der Waals surface area contributed by atoms with Gasteiger partial charge in [-0.3, -0.25) is 0 Å². The minimum absolute atomic E-state index is 0.0835. The number of hydrogen-bond donors (Lipinski definition) is 2. The molecule has 1 heterocycles. The molecule has 0 aliphatic heterocycles. The second kappa shape index (κ2) is 3.49. The number of benzene rings is 1. The highest BCUT2D eigenvalue weighted by Crippen LogP contribution is 2.28. The Labute approximate surface area is 85.8 Å². The molecule has 2 rings (SSSR count). The Morgan fingerprint density at radius 1 is 1.33 bits per heavy atom. The van der Waals surface area contributed by atoms with Crippen molar-refractivity contribution in [2.24, 2.45) is 0 Å². The summed E-state index contributed by atoms with van der Waals surface area (Å²) >= 11 is 0. The molecule has 0 spiro atoms. The molecule has 0 saturated carbocycles. The zero-order valence-electron chi connectivity index (χ0n) is 8.10. The fraction of sp³-hybridized carbons (Fsp3) is 0.111. The molecular formula is C9H10N4O2. The van der Waals surface area contributed by atoms with Crippen molar-refractivity contribution in [3.8, 4) is 17.2 Å². The third kappa shape index (κ3) is 1.69. The Kier molecular flexibility index (Phi) is 2.17. The summed E-state index contributed by atoms with van der Waals surface area (Å²) < 4.78 is 9.92. The van der Waals surface area contributed by atoms with E-state index in [1.807, 2.05) is 0 Å². The highest BCUT2D eigenvalue weighted by molar-refractivity contribution is 5.72. The molecule has 0 radical (unpaired) electrons. The van der Waals surface area contributed by atoms with E-state index in [0.29, 0.717) is 22.9 Å². The van der Waals surface area contributed by atoms with E-state index in [4.69, 9.17) is 20.7 Å². The van der Waals surface area contributed by atoms with Gasteiger partial charge in [-0.15, -0.1) is 0 Å². The molecule has 0 saturated heterocycles. The second-order valence-corrected chi connectivity index (χ2v) is 2.91. The zero-order valence-corrected chi connectivity index (χ0v) is 8.10. The first kappa shape index (κ1) is 9.32. The number of rotatable bonds is 2. The minimum atomic E-state index is 0.0835. The fourth-order valence-corrected chi connectivity index (χ4v) is 1.21. The van der Waals surface area contributed by atoms with Gasteiger partial charge in [0, 0.05) is 11.8 Å². The SMILES string of the molecule is COc1ccc(-c2nc(N)no2)c(N)c1. The van der Waals surface area contributed by atoms with Crippen molar-refractivity contribution in [2.45, 2.75) is 0 Å². The Morgan fingerprint density at radius 3 is 2.67 bits per heavy atom. The van der Waals surface area contributed by atoms with Gasteiger partial charge in [0.15, 0.2) is 0 Å². The normalized spacial score (nSPS) is 10.2. The summed E-state index contributed by atoms with van der Waals surface area (Å²) in [7, 11) is 1.57. The van der Waals surface area contributed by atoms with Gasteiger partial charge in [-0.1, -0.05) is 0 Å². The van der Waals surface area contributed by atoms with Gasteiger partial charge >= 0.3 is 0 Å². The summed E-state index contributed by atoms with van der Waals surface area (Å²) in [6.07, 6.45) is 0. The van der Waals surface area contributed by atoms with Crippen LogP contribution in [0.15, 0.2) is 22.7 Å². The van der Waals surface area contributed by atoms with Crippen LogP contribution in [0, 0.1) is 0 Å². The Morgan fingerprint density at radius 2 is 2.13 bits per heavy atom. The van der Waals surface area contributed by atoms with Crippen molar-refractivity contribution in [2.75, 3.05) is 18.6 Å². The van der Waals surface area contributed by atoms with Crippen LogP contribution in [0.2, 0.25) is 0 Å². The zero-order chi connectivity index (χ0) is 10.8. The van der Waals surface area contributed by atoms with E-state index in [1.165, 1.54) is 0 Å². The Balaban J connectivity index is 2.45. The van der Waals surface area contributed by atoms with Crippen molar-refractivity contribution in [1.82, 2.24) is 10.1 Å². The maximum atomic E-state index is 5.79. The monoisotopic (exact) mass is 206 g/mol. The fourth-order valence-electron chi connectivity index (χ4n) is 1.21. The van der Waals surface area contributed by atoms with Crippen molar-refractivity contribution in [1.29, 1.82) is 0 Å². The maximum Gasteiger partial charge on any atom is 0.261 e. The molecule has 0 aliphatic carbocycles. The third-order valence-corrected chi connectivity index (χ3v) is 1.93. The van der Waals surface area contributed by atoms with Gasteiger partial charge in [0.2, 0.25) is 0 Å². The number of methoxy groups -OCH3 is 1. The lowest BCUT2D eigenvalue weighted by Crippen LogP contribution is -1.92. The lowest BCUT2D eigenvalue weighted by atomic mass is 10.2. The topological polar surface area (TPSA) is 100 Å². The van der Waals surface area contributed by atoms with Gasteiger partial charge in [-0.2, -0.15) is 4.98 Å². The molecule has 4 N–H and O–H groups in total. The summed E-state index contributed by atoms with van der Waals surface area (Å²) in [5.74, 6) is 1.05. The van der Waals surface area contributed by atoms with Crippen LogP contribution in [0.3, 0.4) is 0 Å². The molecule has 0 atom stereocenters. The molecule has 2 aromatic rings. The summed E-state index contributed by atoms with van der Waals surface area (Å²) in [5, 5.41) is 3.48. The van der Waals surface area contributed by atoms with Crippen LogP contribution in [0.25, 0.3) is 11.5 Å². The summed E-state index contributed by atoms with van der Waals surface area (Å²) in [5.41, 5.74) is 12.3. The van der Waals surface area contributed by atoms with E-state index < -0.39 is 0 Å². The van der Waals surface area contributed by atoms with Gasteiger partial charge in [0.05, 0.1) is 12.7 Å². The highest BCUT2D eigenvalue weighted by Gasteiger charge is 2.10. The van der Waals surface area contributed by atoms with Gasteiger partial charge in [-0.05, 0) is 17.3 Å². The molecule has 0 amide bonds. The predicted octanol–water partition coefficient (Wildman–Crippen LogP) is 0.910. The van der Waals surface area contributed by atoms with Gasteiger partial charge in [0.25, 0.3) is 11.8 Å². The van der Waals surface area contributed by atoms with Crippen LogP contribution >= 0.6 is 0 Å². The van der Waals surface area contributed by atoms with Crippen LogP contribution in [-0.2, 0) is 0 Å². The molecule has 78 valence electrons. The highest BCUT2D eigenvalue weighted by atomic mass is 16.5. The largest absolute Gasteiger partial charge is 0.497 e. The smallest absolute Gasteiger partial charge is 0.261 e. The molecule has 1 aromatic carbocycles. The molecule has 0 aliphatic rings. The molecule has 15 heavy (non-hydrogen) atoms. The quantitative estimate of drug-likeness (QED) is 0.708. The molecule has 0 bridgehead atoms. The summed E-state index contributed by atoms with van der Waals surface area (Å²) in [4.78, 5) is 3.88. The number of anilines is 2.